The van der Waals surface area contributed by atoms with Crippen molar-refractivity contribution in [2.45, 2.75) is 32.0 Å². The summed E-state index contributed by atoms with van der Waals surface area (Å²) < 4.78 is 11.2. The van der Waals surface area contributed by atoms with Gasteiger partial charge in [0.25, 0.3) is 0 Å². The van der Waals surface area contributed by atoms with Crippen LogP contribution in [0.1, 0.15) is 24.2 Å². The molecule has 0 spiro atoms. The number of halogens is 2. The van der Waals surface area contributed by atoms with Crippen LogP contribution in [0.15, 0.2) is 48.8 Å². The highest BCUT2D eigenvalue weighted by Gasteiger charge is 2.23. The molecular weight excluding hydrogens is 629 g/mol. The number of carbonyl (C=O) groups excluding carboxylic acids is 1. The first-order chi connectivity index (χ1) is 22.2. The zero-order chi connectivity index (χ0) is 32.8. The molecule has 3 heterocycles. The SMILES string of the molecule is COc1nc(-c2cccc(-c3cccc(-c4cnc(CN(C)C[C@@H]5CCC(=O)N5)c(OC)n4)c3Cl)c2Cl)cnc1CN(C)CCO. The first kappa shape index (κ1) is 33.5. The molecular formula is C33H37Cl2N7O4. The summed E-state index contributed by atoms with van der Waals surface area (Å²) in [6.45, 7) is 2.23. The monoisotopic (exact) mass is 665 g/mol. The smallest absolute Gasteiger partial charge is 0.237 e. The van der Waals surface area contributed by atoms with Crippen molar-refractivity contribution >= 4 is 29.1 Å². The number of methoxy groups -OCH3 is 2. The van der Waals surface area contributed by atoms with Gasteiger partial charge in [0.15, 0.2) is 0 Å². The lowest BCUT2D eigenvalue weighted by Crippen LogP contribution is -2.36. The standard InChI is InChI=1S/C33H37Cl2N7O4/c1-41(13-14-43)18-27-32(45-3)39-25(15-36-27)23-9-5-7-21(30(23)34)22-8-6-10-24(31(22)35)26-16-37-28(33(40-26)46-4)19-42(2)17-20-11-12-29(44)38-20/h5-10,15-16,20,43H,11-14,17-19H2,1-4H3,(H,38,44)/t20-/m0/s1. The van der Waals surface area contributed by atoms with Crippen molar-refractivity contribution in [1.82, 2.24) is 35.1 Å². The predicted molar refractivity (Wildman–Crippen MR) is 178 cm³/mol. The largest absolute Gasteiger partial charge is 0.480 e. The number of amides is 1. The number of hydrogen-bond acceptors (Lipinski definition) is 10. The van der Waals surface area contributed by atoms with Gasteiger partial charge in [-0.05, 0) is 20.5 Å². The maximum absolute atomic E-state index is 11.6. The van der Waals surface area contributed by atoms with Crippen LogP contribution in [0.4, 0.5) is 0 Å². The van der Waals surface area contributed by atoms with Gasteiger partial charge in [-0.3, -0.25) is 24.6 Å². The average molecular weight is 667 g/mol. The van der Waals surface area contributed by atoms with Gasteiger partial charge in [0.1, 0.15) is 11.4 Å². The molecule has 5 rings (SSSR count). The Morgan fingerprint density at radius 1 is 0.848 bits per heavy atom. The molecule has 1 saturated heterocycles. The molecule has 1 atom stereocenters. The number of nitrogens with one attached hydrogen (secondary N) is 1. The lowest BCUT2D eigenvalue weighted by molar-refractivity contribution is -0.119. The van der Waals surface area contributed by atoms with E-state index in [4.69, 9.17) is 42.6 Å². The van der Waals surface area contributed by atoms with Crippen molar-refractivity contribution in [1.29, 1.82) is 0 Å². The van der Waals surface area contributed by atoms with Gasteiger partial charge in [-0.1, -0.05) is 59.6 Å². The van der Waals surface area contributed by atoms with Crippen molar-refractivity contribution in [2.75, 3.05) is 48.0 Å². The third-order valence-electron chi connectivity index (χ3n) is 7.79. The second-order valence-electron chi connectivity index (χ2n) is 11.2. The number of hydrogen-bond donors (Lipinski definition) is 2. The minimum Gasteiger partial charge on any atom is -0.480 e. The van der Waals surface area contributed by atoms with E-state index in [1.165, 1.54) is 0 Å². The van der Waals surface area contributed by atoms with Gasteiger partial charge in [-0.15, -0.1) is 0 Å². The lowest BCUT2D eigenvalue weighted by Gasteiger charge is -2.21. The first-order valence-electron chi connectivity index (χ1n) is 14.9. The van der Waals surface area contributed by atoms with Crippen molar-refractivity contribution in [3.63, 3.8) is 0 Å². The van der Waals surface area contributed by atoms with Crippen LogP contribution in [0, 0.1) is 0 Å². The Hall–Kier alpha value is -3.87. The summed E-state index contributed by atoms with van der Waals surface area (Å²) in [4.78, 5) is 34.3. The second-order valence-corrected chi connectivity index (χ2v) is 12.0. The van der Waals surface area contributed by atoms with Crippen molar-refractivity contribution in [2.24, 2.45) is 0 Å². The number of likely N-dealkylation sites (N-methyl/N-ethyl adjacent to an activating group) is 2. The quantitative estimate of drug-likeness (QED) is 0.207. The van der Waals surface area contributed by atoms with Crippen molar-refractivity contribution < 1.29 is 19.4 Å². The van der Waals surface area contributed by atoms with E-state index in [2.05, 4.69) is 20.2 Å². The van der Waals surface area contributed by atoms with Gasteiger partial charge in [0.2, 0.25) is 17.7 Å². The maximum Gasteiger partial charge on any atom is 0.237 e. The average Bonchev–Trinajstić information content (AvgIpc) is 3.46. The number of aliphatic hydroxyl groups is 1. The van der Waals surface area contributed by atoms with E-state index in [9.17, 15) is 9.90 Å². The molecule has 1 aliphatic rings. The van der Waals surface area contributed by atoms with Gasteiger partial charge in [-0.25, -0.2) is 9.97 Å². The van der Waals surface area contributed by atoms with Crippen LogP contribution < -0.4 is 14.8 Å². The summed E-state index contributed by atoms with van der Waals surface area (Å²) in [5.74, 6) is 0.880. The van der Waals surface area contributed by atoms with Crippen molar-refractivity contribution in [3.05, 3.63) is 70.2 Å². The van der Waals surface area contributed by atoms with Crippen LogP contribution in [0.25, 0.3) is 33.6 Å². The molecule has 2 aromatic carbocycles. The van der Waals surface area contributed by atoms with Gasteiger partial charge in [-0.2, -0.15) is 0 Å². The molecule has 0 radical (unpaired) electrons. The molecule has 1 aliphatic heterocycles. The van der Waals surface area contributed by atoms with E-state index in [-0.39, 0.29) is 18.6 Å². The van der Waals surface area contributed by atoms with E-state index in [1.54, 1.807) is 26.6 Å². The minimum absolute atomic E-state index is 0.0444. The molecule has 0 unspecified atom stereocenters. The molecule has 1 amide bonds. The third-order valence-corrected chi connectivity index (χ3v) is 8.60. The van der Waals surface area contributed by atoms with Crippen molar-refractivity contribution in [3.8, 4) is 45.4 Å². The summed E-state index contributed by atoms with van der Waals surface area (Å²) in [6, 6.07) is 11.5. The Morgan fingerprint density at radius 3 is 1.80 bits per heavy atom. The summed E-state index contributed by atoms with van der Waals surface area (Å²) in [7, 11) is 6.98. The fourth-order valence-corrected chi connectivity index (χ4v) is 6.14. The molecule has 242 valence electrons. The topological polar surface area (TPSA) is 126 Å². The van der Waals surface area contributed by atoms with E-state index < -0.39 is 0 Å². The van der Waals surface area contributed by atoms with Crippen LogP contribution in [0.2, 0.25) is 10.0 Å². The first-order valence-corrected chi connectivity index (χ1v) is 15.6. The highest BCUT2D eigenvalue weighted by Crippen LogP contribution is 2.42. The van der Waals surface area contributed by atoms with Crippen LogP contribution in [-0.4, -0.2) is 94.8 Å². The fraction of sp³-hybridized carbons (Fsp3) is 0.364. The highest BCUT2D eigenvalue weighted by molar-refractivity contribution is 6.39. The molecule has 4 aromatic rings. The van der Waals surface area contributed by atoms with Crippen LogP contribution in [-0.2, 0) is 17.9 Å². The highest BCUT2D eigenvalue weighted by atomic mass is 35.5. The summed E-state index contributed by atoms with van der Waals surface area (Å²) in [6.07, 6.45) is 4.74. The normalized spacial score (nSPS) is 14.6. The number of carbonyl (C=O) groups is 1. The predicted octanol–water partition coefficient (Wildman–Crippen LogP) is 4.73. The summed E-state index contributed by atoms with van der Waals surface area (Å²) >= 11 is 14.1. The molecule has 11 nitrogen and oxygen atoms in total. The molecule has 0 bridgehead atoms. The van der Waals surface area contributed by atoms with Crippen LogP contribution in [0.3, 0.4) is 0 Å². The summed E-state index contributed by atoms with van der Waals surface area (Å²) in [5, 5.41) is 13.2. The van der Waals surface area contributed by atoms with E-state index in [0.29, 0.717) is 88.3 Å². The van der Waals surface area contributed by atoms with Gasteiger partial charge < -0.3 is 19.9 Å². The number of aliphatic hydroxyl groups excluding tert-OH is 1. The Kier molecular flexibility index (Phi) is 11.0. The summed E-state index contributed by atoms with van der Waals surface area (Å²) in [5.41, 5.74) is 5.24. The van der Waals surface area contributed by atoms with Crippen LogP contribution in [0.5, 0.6) is 11.8 Å². The number of aromatic nitrogens is 4. The zero-order valence-corrected chi connectivity index (χ0v) is 27.8. The number of rotatable bonds is 13. The van der Waals surface area contributed by atoms with Gasteiger partial charge in [0.05, 0.1) is 54.7 Å². The lowest BCUT2D eigenvalue weighted by atomic mass is 9.98. The molecule has 13 heteroatoms. The Morgan fingerprint density at radius 2 is 1.35 bits per heavy atom. The van der Waals surface area contributed by atoms with E-state index in [0.717, 1.165) is 17.5 Å². The minimum atomic E-state index is 0.0444. The maximum atomic E-state index is 11.6. The number of nitrogens with zero attached hydrogens (tertiary/aromatic N) is 6. The Balaban J connectivity index is 1.42. The second kappa shape index (κ2) is 15.1. The Labute approximate surface area is 278 Å². The third kappa shape index (κ3) is 7.56. The van der Waals surface area contributed by atoms with E-state index in [1.807, 2.05) is 55.4 Å². The molecule has 2 N–H and O–H groups in total. The molecule has 0 aliphatic carbocycles. The zero-order valence-electron chi connectivity index (χ0n) is 26.3. The number of ether oxygens (including phenoxy) is 2. The fourth-order valence-electron chi connectivity index (χ4n) is 5.49. The molecule has 46 heavy (non-hydrogen) atoms. The van der Waals surface area contributed by atoms with Gasteiger partial charge in [0, 0.05) is 60.9 Å². The molecule has 0 saturated carbocycles. The number of benzene rings is 2. The molecule has 2 aromatic heterocycles. The van der Waals surface area contributed by atoms with E-state index >= 15 is 0 Å². The van der Waals surface area contributed by atoms with Crippen LogP contribution >= 0.6 is 23.2 Å². The van der Waals surface area contributed by atoms with Gasteiger partial charge >= 0.3 is 0 Å². The Bertz CT molecular complexity index is 1710. The molecule has 1 fully saturated rings.